The first-order valence-electron chi connectivity index (χ1n) is 3.86. The van der Waals surface area contributed by atoms with Crippen molar-refractivity contribution in [2.45, 2.75) is 6.92 Å². The van der Waals surface area contributed by atoms with E-state index in [-0.39, 0.29) is 0 Å². The van der Waals surface area contributed by atoms with E-state index in [9.17, 15) is 0 Å². The van der Waals surface area contributed by atoms with E-state index < -0.39 is 0 Å². The number of hydrogen-bond acceptors (Lipinski definition) is 4. The average Bonchev–Trinajstić information content (AvgIpc) is 2.47. The second kappa shape index (κ2) is 2.85. The summed E-state index contributed by atoms with van der Waals surface area (Å²) in [7, 11) is 0. The number of nitrogens with zero attached hydrogens (tertiary/aromatic N) is 4. The topological polar surface area (TPSA) is 69.6 Å². The van der Waals surface area contributed by atoms with Crippen LogP contribution in [0.1, 0.15) is 5.69 Å². The van der Waals surface area contributed by atoms with E-state index in [2.05, 4.69) is 15.1 Å². The van der Waals surface area contributed by atoms with Gasteiger partial charge in [0, 0.05) is 18.3 Å². The third kappa shape index (κ3) is 1.35. The van der Waals surface area contributed by atoms with Crippen molar-refractivity contribution in [1.82, 2.24) is 19.7 Å². The van der Waals surface area contributed by atoms with Gasteiger partial charge in [-0.15, -0.1) is 0 Å². The Morgan fingerprint density at radius 3 is 2.85 bits per heavy atom. The maximum atomic E-state index is 5.71. The van der Waals surface area contributed by atoms with Crippen molar-refractivity contribution in [3.63, 3.8) is 0 Å². The highest BCUT2D eigenvalue weighted by molar-refractivity contribution is 5.38. The molecule has 0 atom stereocenters. The lowest BCUT2D eigenvalue weighted by atomic mass is 10.5. The molecule has 0 amide bonds. The number of nitrogen functional groups attached to an aromatic ring is 1. The van der Waals surface area contributed by atoms with E-state index >= 15 is 0 Å². The Morgan fingerprint density at radius 1 is 1.46 bits per heavy atom. The van der Waals surface area contributed by atoms with Crippen molar-refractivity contribution < 1.29 is 0 Å². The van der Waals surface area contributed by atoms with Crippen LogP contribution in [0.15, 0.2) is 24.7 Å². The lowest BCUT2D eigenvalue weighted by Gasteiger charge is -2.00. The van der Waals surface area contributed by atoms with E-state index in [0.717, 1.165) is 5.69 Å². The van der Waals surface area contributed by atoms with Gasteiger partial charge in [0.15, 0.2) is 5.82 Å². The first kappa shape index (κ1) is 7.72. The minimum absolute atomic E-state index is 0.580. The third-order valence-electron chi connectivity index (χ3n) is 1.64. The quantitative estimate of drug-likeness (QED) is 0.687. The summed E-state index contributed by atoms with van der Waals surface area (Å²) in [4.78, 5) is 7.85. The highest BCUT2D eigenvalue weighted by atomic mass is 15.3. The van der Waals surface area contributed by atoms with Gasteiger partial charge in [0.25, 0.3) is 0 Å². The molecule has 0 fully saturated rings. The van der Waals surface area contributed by atoms with Crippen molar-refractivity contribution in [2.24, 2.45) is 0 Å². The molecular formula is C8H9N5. The zero-order valence-electron chi connectivity index (χ0n) is 7.18. The predicted molar refractivity (Wildman–Crippen MR) is 48.3 cm³/mol. The summed E-state index contributed by atoms with van der Waals surface area (Å²) >= 11 is 0. The SMILES string of the molecule is Cc1cc(N)n(-c2ccncn2)n1. The summed E-state index contributed by atoms with van der Waals surface area (Å²) in [6, 6.07) is 3.55. The summed E-state index contributed by atoms with van der Waals surface area (Å²) in [5.74, 6) is 1.26. The zero-order valence-corrected chi connectivity index (χ0v) is 7.18. The van der Waals surface area contributed by atoms with Gasteiger partial charge in [-0.2, -0.15) is 9.78 Å². The smallest absolute Gasteiger partial charge is 0.159 e. The molecule has 0 bridgehead atoms. The summed E-state index contributed by atoms with van der Waals surface area (Å²) in [5.41, 5.74) is 6.58. The summed E-state index contributed by atoms with van der Waals surface area (Å²) in [5, 5.41) is 4.18. The molecule has 5 heteroatoms. The number of aryl methyl sites for hydroxylation is 1. The van der Waals surface area contributed by atoms with Crippen LogP contribution in [0.4, 0.5) is 5.82 Å². The van der Waals surface area contributed by atoms with Crippen LogP contribution in [0.2, 0.25) is 0 Å². The highest BCUT2D eigenvalue weighted by Gasteiger charge is 2.03. The molecule has 0 unspecified atom stereocenters. The molecule has 2 heterocycles. The molecule has 0 aliphatic rings. The van der Waals surface area contributed by atoms with Crippen LogP contribution in [-0.2, 0) is 0 Å². The van der Waals surface area contributed by atoms with Crippen molar-refractivity contribution in [3.05, 3.63) is 30.4 Å². The second-order valence-corrected chi connectivity index (χ2v) is 2.69. The van der Waals surface area contributed by atoms with Gasteiger partial charge < -0.3 is 5.73 Å². The number of nitrogens with two attached hydrogens (primary N) is 1. The maximum absolute atomic E-state index is 5.71. The normalized spacial score (nSPS) is 10.2. The van der Waals surface area contributed by atoms with Crippen molar-refractivity contribution in [1.29, 1.82) is 0 Å². The third-order valence-corrected chi connectivity index (χ3v) is 1.64. The predicted octanol–water partition coefficient (Wildman–Crippen LogP) is 0.553. The Morgan fingerprint density at radius 2 is 2.31 bits per heavy atom. The average molecular weight is 175 g/mol. The van der Waals surface area contributed by atoms with Gasteiger partial charge in [0.2, 0.25) is 0 Å². The minimum atomic E-state index is 0.580. The molecule has 0 radical (unpaired) electrons. The fraction of sp³-hybridized carbons (Fsp3) is 0.125. The van der Waals surface area contributed by atoms with E-state index in [1.54, 1.807) is 23.0 Å². The number of aromatic nitrogens is 4. The Hall–Kier alpha value is -1.91. The van der Waals surface area contributed by atoms with E-state index in [0.29, 0.717) is 11.6 Å². The van der Waals surface area contributed by atoms with Gasteiger partial charge in [0.05, 0.1) is 5.69 Å². The van der Waals surface area contributed by atoms with E-state index in [1.807, 2.05) is 6.92 Å². The molecule has 0 aliphatic heterocycles. The van der Waals surface area contributed by atoms with E-state index in [1.165, 1.54) is 6.33 Å². The zero-order chi connectivity index (χ0) is 9.26. The van der Waals surface area contributed by atoms with Crippen molar-refractivity contribution in [3.8, 4) is 5.82 Å². The molecule has 0 spiro atoms. The Bertz CT molecular complexity index is 406. The van der Waals surface area contributed by atoms with Gasteiger partial charge >= 0.3 is 0 Å². The monoisotopic (exact) mass is 175 g/mol. The lowest BCUT2D eigenvalue weighted by molar-refractivity contribution is 0.835. The lowest BCUT2D eigenvalue weighted by Crippen LogP contribution is -2.03. The van der Waals surface area contributed by atoms with Gasteiger partial charge in [-0.1, -0.05) is 0 Å². The summed E-state index contributed by atoms with van der Waals surface area (Å²) in [6.45, 7) is 1.88. The molecule has 2 aromatic heterocycles. The largest absolute Gasteiger partial charge is 0.384 e. The standard InChI is InChI=1S/C8H9N5/c1-6-4-7(9)13(12-6)8-2-3-10-5-11-8/h2-5H,9H2,1H3. The molecule has 0 aromatic carbocycles. The molecule has 0 aliphatic carbocycles. The molecule has 5 nitrogen and oxygen atoms in total. The fourth-order valence-electron chi connectivity index (χ4n) is 1.11. The highest BCUT2D eigenvalue weighted by Crippen LogP contribution is 2.10. The second-order valence-electron chi connectivity index (χ2n) is 2.69. The first-order valence-corrected chi connectivity index (χ1v) is 3.86. The number of rotatable bonds is 1. The molecule has 0 saturated carbocycles. The molecule has 2 rings (SSSR count). The van der Waals surface area contributed by atoms with Crippen LogP contribution >= 0.6 is 0 Å². The molecule has 66 valence electrons. The molecular weight excluding hydrogens is 166 g/mol. The van der Waals surface area contributed by atoms with Crippen molar-refractivity contribution in [2.75, 3.05) is 5.73 Å². The number of anilines is 1. The first-order chi connectivity index (χ1) is 6.27. The van der Waals surface area contributed by atoms with Crippen molar-refractivity contribution >= 4 is 5.82 Å². The summed E-state index contributed by atoms with van der Waals surface area (Å²) < 4.78 is 1.58. The molecule has 0 saturated heterocycles. The maximum Gasteiger partial charge on any atom is 0.159 e. The van der Waals surface area contributed by atoms with Gasteiger partial charge in [-0.3, -0.25) is 0 Å². The summed E-state index contributed by atoms with van der Waals surface area (Å²) in [6.07, 6.45) is 3.12. The van der Waals surface area contributed by atoms with Crippen LogP contribution in [0, 0.1) is 6.92 Å². The van der Waals surface area contributed by atoms with Crippen LogP contribution < -0.4 is 5.73 Å². The van der Waals surface area contributed by atoms with Crippen LogP contribution in [-0.4, -0.2) is 19.7 Å². The molecule has 2 N–H and O–H groups in total. The van der Waals surface area contributed by atoms with Crippen LogP contribution in [0.5, 0.6) is 0 Å². The molecule has 2 aromatic rings. The van der Waals surface area contributed by atoms with E-state index in [4.69, 9.17) is 5.73 Å². The van der Waals surface area contributed by atoms with Gasteiger partial charge in [-0.05, 0) is 6.92 Å². The Kier molecular flexibility index (Phi) is 1.70. The van der Waals surface area contributed by atoms with Crippen LogP contribution in [0.25, 0.3) is 5.82 Å². The van der Waals surface area contributed by atoms with Gasteiger partial charge in [-0.25, -0.2) is 9.97 Å². The minimum Gasteiger partial charge on any atom is -0.384 e. The van der Waals surface area contributed by atoms with Gasteiger partial charge in [0.1, 0.15) is 12.1 Å². The molecule has 13 heavy (non-hydrogen) atoms. The fourth-order valence-corrected chi connectivity index (χ4v) is 1.11. The van der Waals surface area contributed by atoms with Crippen LogP contribution in [0.3, 0.4) is 0 Å². The Balaban J connectivity index is 2.53. The Labute approximate surface area is 75.2 Å². The number of hydrogen-bond donors (Lipinski definition) is 1.